The highest BCUT2D eigenvalue weighted by molar-refractivity contribution is 7.87. The Bertz CT molecular complexity index is 175. The molecular weight excluding hydrogens is 156 g/mol. The van der Waals surface area contributed by atoms with Gasteiger partial charge in [0, 0.05) is 6.54 Å². The minimum atomic E-state index is -3.58. The van der Waals surface area contributed by atoms with Crippen molar-refractivity contribution >= 4 is 10.2 Å². The first-order valence-corrected chi connectivity index (χ1v) is 4.42. The van der Waals surface area contributed by atoms with Crippen LogP contribution in [0.25, 0.3) is 0 Å². The molecule has 5 nitrogen and oxygen atoms in total. The smallest absolute Gasteiger partial charge is 0.274 e. The maximum absolute atomic E-state index is 10.2. The molecule has 0 aliphatic rings. The summed E-state index contributed by atoms with van der Waals surface area (Å²) in [7, 11) is -3.58. The molecular formula is C4H12N2O3S. The second-order valence-electron chi connectivity index (χ2n) is 2.08. The number of nitrogens with two attached hydrogens (primary N) is 1. The Hall–Kier alpha value is -0.170. The first-order valence-electron chi connectivity index (χ1n) is 2.87. The van der Waals surface area contributed by atoms with Crippen LogP contribution in [0.15, 0.2) is 0 Å². The average Bonchev–Trinajstić information content (AvgIpc) is 1.59. The summed E-state index contributed by atoms with van der Waals surface area (Å²) in [4.78, 5) is 0. The fraction of sp³-hybridized carbons (Fsp3) is 1.00. The Kier molecular flexibility index (Phi) is 3.80. The molecule has 10 heavy (non-hydrogen) atoms. The van der Waals surface area contributed by atoms with E-state index in [0.717, 1.165) is 0 Å². The van der Waals surface area contributed by atoms with E-state index in [-0.39, 0.29) is 6.54 Å². The van der Waals surface area contributed by atoms with Crippen molar-refractivity contribution in [1.82, 2.24) is 4.72 Å². The Balaban J connectivity index is 3.39. The van der Waals surface area contributed by atoms with Crippen molar-refractivity contribution in [2.24, 2.45) is 5.14 Å². The number of rotatable bonds is 4. The Morgan fingerprint density at radius 2 is 2.20 bits per heavy atom. The summed E-state index contributed by atoms with van der Waals surface area (Å²) in [5.41, 5.74) is 0. The van der Waals surface area contributed by atoms with Crippen LogP contribution in [0.4, 0.5) is 0 Å². The summed E-state index contributed by atoms with van der Waals surface area (Å²) in [6.45, 7) is 1.75. The topological polar surface area (TPSA) is 92.4 Å². The molecule has 0 aliphatic heterocycles. The number of hydrogen-bond acceptors (Lipinski definition) is 3. The van der Waals surface area contributed by atoms with Crippen LogP contribution in [0.5, 0.6) is 0 Å². The molecule has 1 atom stereocenters. The summed E-state index contributed by atoms with van der Waals surface area (Å²) in [5.74, 6) is 0. The zero-order chi connectivity index (χ0) is 8.20. The third-order valence-corrected chi connectivity index (χ3v) is 1.47. The molecule has 0 aromatic carbocycles. The van der Waals surface area contributed by atoms with E-state index < -0.39 is 16.3 Å². The minimum Gasteiger partial charge on any atom is -0.393 e. The third kappa shape index (κ3) is 7.83. The molecule has 0 bridgehead atoms. The second-order valence-corrected chi connectivity index (χ2v) is 3.46. The van der Waals surface area contributed by atoms with E-state index in [1.54, 1.807) is 6.92 Å². The summed E-state index contributed by atoms with van der Waals surface area (Å²) >= 11 is 0. The van der Waals surface area contributed by atoms with Crippen LogP contribution in [0, 0.1) is 0 Å². The molecule has 0 heterocycles. The summed E-state index contributed by atoms with van der Waals surface area (Å²) < 4.78 is 22.4. The summed E-state index contributed by atoms with van der Waals surface area (Å²) in [6.07, 6.45) is -0.134. The standard InChI is InChI=1S/C4H12N2O3S/c1-4(7)2-3-6-10(5,8)9/h4,6-7H,2-3H2,1H3,(H2,5,8,9)/t4-/m1/s1. The number of aliphatic hydroxyl groups excluding tert-OH is 1. The molecule has 0 aromatic rings. The van der Waals surface area contributed by atoms with Gasteiger partial charge in [-0.15, -0.1) is 0 Å². The van der Waals surface area contributed by atoms with E-state index in [1.807, 2.05) is 4.72 Å². The van der Waals surface area contributed by atoms with E-state index in [1.165, 1.54) is 0 Å². The van der Waals surface area contributed by atoms with E-state index in [9.17, 15) is 8.42 Å². The van der Waals surface area contributed by atoms with Gasteiger partial charge in [0.25, 0.3) is 10.2 Å². The first-order chi connectivity index (χ1) is 4.42. The zero-order valence-corrected chi connectivity index (χ0v) is 6.56. The van der Waals surface area contributed by atoms with Gasteiger partial charge in [-0.2, -0.15) is 8.42 Å². The quantitative estimate of drug-likeness (QED) is 0.479. The third-order valence-electron chi connectivity index (χ3n) is 0.865. The van der Waals surface area contributed by atoms with E-state index in [0.29, 0.717) is 6.42 Å². The highest BCUT2D eigenvalue weighted by Gasteiger charge is 2.00. The molecule has 0 amide bonds. The van der Waals surface area contributed by atoms with Crippen molar-refractivity contribution in [1.29, 1.82) is 0 Å². The first kappa shape index (κ1) is 9.83. The van der Waals surface area contributed by atoms with Crippen molar-refractivity contribution < 1.29 is 13.5 Å². The van der Waals surface area contributed by atoms with Gasteiger partial charge in [-0.05, 0) is 13.3 Å². The average molecular weight is 168 g/mol. The predicted octanol–water partition coefficient (Wildman–Crippen LogP) is -1.45. The Morgan fingerprint density at radius 3 is 2.50 bits per heavy atom. The lowest BCUT2D eigenvalue weighted by atomic mass is 10.3. The SMILES string of the molecule is C[C@@H](O)CCNS(N)(=O)=O. The summed E-state index contributed by atoms with van der Waals surface area (Å²) in [5, 5.41) is 13.3. The highest BCUT2D eigenvalue weighted by Crippen LogP contribution is 1.85. The molecule has 0 saturated carbocycles. The van der Waals surface area contributed by atoms with Crippen LogP contribution in [0.3, 0.4) is 0 Å². The van der Waals surface area contributed by atoms with E-state index in [4.69, 9.17) is 5.11 Å². The van der Waals surface area contributed by atoms with Crippen molar-refractivity contribution in [3.63, 3.8) is 0 Å². The molecule has 0 radical (unpaired) electrons. The van der Waals surface area contributed by atoms with Crippen molar-refractivity contribution in [3.8, 4) is 0 Å². The minimum absolute atomic E-state index is 0.177. The lowest BCUT2D eigenvalue weighted by molar-refractivity contribution is 0.186. The monoisotopic (exact) mass is 168 g/mol. The van der Waals surface area contributed by atoms with Gasteiger partial charge in [-0.1, -0.05) is 0 Å². The second kappa shape index (κ2) is 3.87. The van der Waals surface area contributed by atoms with Crippen LogP contribution in [-0.2, 0) is 10.2 Å². The Morgan fingerprint density at radius 1 is 1.70 bits per heavy atom. The molecule has 0 aromatic heterocycles. The molecule has 4 N–H and O–H groups in total. The molecule has 0 unspecified atom stereocenters. The molecule has 0 saturated heterocycles. The van der Waals surface area contributed by atoms with Crippen molar-refractivity contribution in [2.45, 2.75) is 19.4 Å². The van der Waals surface area contributed by atoms with Gasteiger partial charge in [-0.3, -0.25) is 0 Å². The van der Waals surface area contributed by atoms with Gasteiger partial charge in [0.05, 0.1) is 6.10 Å². The highest BCUT2D eigenvalue weighted by atomic mass is 32.2. The van der Waals surface area contributed by atoms with E-state index >= 15 is 0 Å². The van der Waals surface area contributed by atoms with Crippen LogP contribution < -0.4 is 9.86 Å². The predicted molar refractivity (Wildman–Crippen MR) is 37.4 cm³/mol. The van der Waals surface area contributed by atoms with Crippen molar-refractivity contribution in [3.05, 3.63) is 0 Å². The number of hydrogen-bond donors (Lipinski definition) is 3. The van der Waals surface area contributed by atoms with Gasteiger partial charge in [0.2, 0.25) is 0 Å². The van der Waals surface area contributed by atoms with Gasteiger partial charge in [0.15, 0.2) is 0 Å². The van der Waals surface area contributed by atoms with Crippen LogP contribution in [-0.4, -0.2) is 26.2 Å². The fourth-order valence-electron chi connectivity index (χ4n) is 0.410. The summed E-state index contributed by atoms with van der Waals surface area (Å²) in [6, 6.07) is 0. The molecule has 0 rings (SSSR count). The van der Waals surface area contributed by atoms with Gasteiger partial charge >= 0.3 is 0 Å². The maximum atomic E-state index is 10.2. The zero-order valence-electron chi connectivity index (χ0n) is 5.74. The lowest BCUT2D eigenvalue weighted by Crippen LogP contribution is -2.32. The van der Waals surface area contributed by atoms with Crippen molar-refractivity contribution in [2.75, 3.05) is 6.54 Å². The molecule has 62 valence electrons. The van der Waals surface area contributed by atoms with Crippen LogP contribution in [0.2, 0.25) is 0 Å². The van der Waals surface area contributed by atoms with Gasteiger partial charge < -0.3 is 5.11 Å². The Labute approximate surface area is 60.4 Å². The molecule has 0 aliphatic carbocycles. The largest absolute Gasteiger partial charge is 0.393 e. The lowest BCUT2D eigenvalue weighted by Gasteiger charge is -2.02. The normalized spacial score (nSPS) is 15.1. The fourth-order valence-corrected chi connectivity index (χ4v) is 0.812. The molecule has 0 fully saturated rings. The van der Waals surface area contributed by atoms with Crippen LogP contribution in [0.1, 0.15) is 13.3 Å². The van der Waals surface area contributed by atoms with E-state index in [2.05, 4.69) is 5.14 Å². The maximum Gasteiger partial charge on any atom is 0.274 e. The van der Waals surface area contributed by atoms with Gasteiger partial charge in [0.1, 0.15) is 0 Å². The molecule has 6 heteroatoms. The van der Waals surface area contributed by atoms with Crippen LogP contribution >= 0.6 is 0 Å². The molecule has 0 spiro atoms. The number of nitrogens with one attached hydrogen (secondary N) is 1. The number of aliphatic hydroxyl groups is 1. The van der Waals surface area contributed by atoms with Gasteiger partial charge in [-0.25, -0.2) is 9.86 Å².